The number of carboxylic acid groups (broad SMARTS) is 1. The summed E-state index contributed by atoms with van der Waals surface area (Å²) in [5.41, 5.74) is 0.919. The van der Waals surface area contributed by atoms with Crippen molar-refractivity contribution in [2.45, 2.75) is 51.5 Å². The third-order valence-corrected chi connectivity index (χ3v) is 5.64. The zero-order valence-electron chi connectivity index (χ0n) is 14.6. The number of hydrogen-bond acceptors (Lipinski definition) is 3. The van der Waals surface area contributed by atoms with Gasteiger partial charge in [-0.25, -0.2) is 4.79 Å². The van der Waals surface area contributed by atoms with Gasteiger partial charge in [-0.15, -0.1) is 0 Å². The first-order chi connectivity index (χ1) is 12.1. The fraction of sp³-hybridized carbons (Fsp3) is 0.600. The number of carbonyl (C=O) groups excluding carboxylic acids is 1. The molecule has 2 N–H and O–H groups in total. The maximum absolute atomic E-state index is 12.5. The monoisotopic (exact) mass is 345 g/mol. The van der Waals surface area contributed by atoms with E-state index in [4.69, 9.17) is 9.84 Å². The number of benzene rings is 1. The molecule has 0 heterocycles. The van der Waals surface area contributed by atoms with Gasteiger partial charge in [-0.2, -0.15) is 0 Å². The standard InChI is InChI=1S/C20H27NO4/c22-19(23)13-25-18-7-3-4-14(10-18)12-21-20(24)17-9-8-15-5-1-2-6-16(15)11-17/h3-4,7,10,15-17H,1-2,5-6,8-9,11-13H2,(H,21,24)(H,22,23). The van der Waals surface area contributed by atoms with Crippen LogP contribution in [0, 0.1) is 17.8 Å². The van der Waals surface area contributed by atoms with Crippen molar-refractivity contribution in [3.8, 4) is 5.75 Å². The third kappa shape index (κ3) is 4.97. The van der Waals surface area contributed by atoms with E-state index in [0.717, 1.165) is 30.2 Å². The lowest BCUT2D eigenvalue weighted by atomic mass is 9.67. The number of amides is 1. The van der Waals surface area contributed by atoms with E-state index in [2.05, 4.69) is 5.32 Å². The average Bonchev–Trinajstić information content (AvgIpc) is 2.64. The highest BCUT2D eigenvalue weighted by Gasteiger charge is 2.34. The van der Waals surface area contributed by atoms with E-state index in [1.807, 2.05) is 12.1 Å². The van der Waals surface area contributed by atoms with E-state index >= 15 is 0 Å². The average molecular weight is 345 g/mol. The van der Waals surface area contributed by atoms with Crippen molar-refractivity contribution in [3.05, 3.63) is 29.8 Å². The Morgan fingerprint density at radius 2 is 1.92 bits per heavy atom. The van der Waals surface area contributed by atoms with Crippen molar-refractivity contribution in [2.24, 2.45) is 17.8 Å². The highest BCUT2D eigenvalue weighted by Crippen LogP contribution is 2.42. The smallest absolute Gasteiger partial charge is 0.341 e. The van der Waals surface area contributed by atoms with E-state index in [1.54, 1.807) is 12.1 Å². The molecule has 136 valence electrons. The van der Waals surface area contributed by atoms with Crippen LogP contribution in [0.2, 0.25) is 0 Å². The molecule has 0 radical (unpaired) electrons. The molecule has 2 fully saturated rings. The molecule has 1 aromatic carbocycles. The molecule has 3 rings (SSSR count). The summed E-state index contributed by atoms with van der Waals surface area (Å²) >= 11 is 0. The van der Waals surface area contributed by atoms with Crippen LogP contribution >= 0.6 is 0 Å². The molecule has 5 nitrogen and oxygen atoms in total. The molecular weight excluding hydrogens is 318 g/mol. The fourth-order valence-corrected chi connectivity index (χ4v) is 4.34. The van der Waals surface area contributed by atoms with Crippen molar-refractivity contribution in [2.75, 3.05) is 6.61 Å². The van der Waals surface area contributed by atoms with Crippen LogP contribution in [-0.4, -0.2) is 23.6 Å². The van der Waals surface area contributed by atoms with Crippen LogP contribution in [0.3, 0.4) is 0 Å². The van der Waals surface area contributed by atoms with E-state index in [-0.39, 0.29) is 18.4 Å². The number of aliphatic carboxylic acids is 1. The number of ether oxygens (including phenoxy) is 1. The molecule has 1 aromatic rings. The first kappa shape index (κ1) is 17.8. The molecule has 25 heavy (non-hydrogen) atoms. The van der Waals surface area contributed by atoms with Crippen LogP contribution in [0.5, 0.6) is 5.75 Å². The highest BCUT2D eigenvalue weighted by atomic mass is 16.5. The molecular formula is C20H27NO4. The number of nitrogens with one attached hydrogen (secondary N) is 1. The minimum Gasteiger partial charge on any atom is -0.482 e. The molecule has 0 aliphatic heterocycles. The molecule has 1 amide bonds. The molecule has 3 atom stereocenters. The van der Waals surface area contributed by atoms with Crippen molar-refractivity contribution in [3.63, 3.8) is 0 Å². The van der Waals surface area contributed by atoms with Gasteiger partial charge in [0.15, 0.2) is 6.61 Å². The van der Waals surface area contributed by atoms with Gasteiger partial charge in [0.1, 0.15) is 5.75 Å². The SMILES string of the molecule is O=C(O)COc1cccc(CNC(=O)C2CCC3CCCCC3C2)c1. The summed E-state index contributed by atoms with van der Waals surface area (Å²) in [5.74, 6) is 1.40. The second kappa shape index (κ2) is 8.37. The maximum Gasteiger partial charge on any atom is 0.341 e. The van der Waals surface area contributed by atoms with Gasteiger partial charge >= 0.3 is 5.97 Å². The normalized spacial score (nSPS) is 25.7. The number of hydrogen-bond donors (Lipinski definition) is 2. The largest absolute Gasteiger partial charge is 0.482 e. The van der Waals surface area contributed by atoms with Crippen molar-refractivity contribution in [1.82, 2.24) is 5.32 Å². The lowest BCUT2D eigenvalue weighted by Gasteiger charge is -2.38. The van der Waals surface area contributed by atoms with Gasteiger partial charge < -0.3 is 15.2 Å². The van der Waals surface area contributed by atoms with Gasteiger partial charge in [-0.05, 0) is 48.8 Å². The summed E-state index contributed by atoms with van der Waals surface area (Å²) in [6.07, 6.45) is 8.56. The lowest BCUT2D eigenvalue weighted by Crippen LogP contribution is -2.37. The molecule has 3 unspecified atom stereocenters. The Hall–Kier alpha value is -2.04. The second-order valence-electron chi connectivity index (χ2n) is 7.36. The fourth-order valence-electron chi connectivity index (χ4n) is 4.34. The Kier molecular flexibility index (Phi) is 5.95. The minimum atomic E-state index is -1.00. The third-order valence-electron chi connectivity index (χ3n) is 5.64. The summed E-state index contributed by atoms with van der Waals surface area (Å²) in [4.78, 5) is 23.1. The summed E-state index contributed by atoms with van der Waals surface area (Å²) in [5, 5.41) is 11.7. The zero-order chi connectivity index (χ0) is 17.6. The van der Waals surface area contributed by atoms with Crippen LogP contribution in [0.15, 0.2) is 24.3 Å². The minimum absolute atomic E-state index is 0.144. The van der Waals surface area contributed by atoms with E-state index < -0.39 is 5.97 Å². The van der Waals surface area contributed by atoms with Crippen molar-refractivity contribution in [1.29, 1.82) is 0 Å². The second-order valence-corrected chi connectivity index (χ2v) is 7.36. The topological polar surface area (TPSA) is 75.6 Å². The van der Waals surface area contributed by atoms with Crippen LogP contribution in [0.1, 0.15) is 50.5 Å². The van der Waals surface area contributed by atoms with Gasteiger partial charge in [0.05, 0.1) is 0 Å². The molecule has 2 aliphatic carbocycles. The van der Waals surface area contributed by atoms with Crippen molar-refractivity contribution >= 4 is 11.9 Å². The maximum atomic E-state index is 12.5. The molecule has 2 saturated carbocycles. The Bertz CT molecular complexity index is 615. The summed E-state index contributed by atoms with van der Waals surface area (Å²) < 4.78 is 5.18. The molecule has 0 bridgehead atoms. The Balaban J connectivity index is 1.48. The quantitative estimate of drug-likeness (QED) is 0.829. The van der Waals surface area contributed by atoms with Gasteiger partial charge in [-0.3, -0.25) is 4.79 Å². The van der Waals surface area contributed by atoms with Crippen LogP contribution < -0.4 is 10.1 Å². The molecule has 0 spiro atoms. The van der Waals surface area contributed by atoms with Crippen LogP contribution in [-0.2, 0) is 16.1 Å². The molecule has 2 aliphatic rings. The Morgan fingerprint density at radius 1 is 1.12 bits per heavy atom. The summed E-state index contributed by atoms with van der Waals surface area (Å²) in [7, 11) is 0. The molecule has 0 aromatic heterocycles. The van der Waals surface area contributed by atoms with Crippen molar-refractivity contribution < 1.29 is 19.4 Å². The highest BCUT2D eigenvalue weighted by molar-refractivity contribution is 5.78. The van der Waals surface area contributed by atoms with Crippen LogP contribution in [0.25, 0.3) is 0 Å². The lowest BCUT2D eigenvalue weighted by molar-refractivity contribution is -0.139. The summed E-state index contributed by atoms with van der Waals surface area (Å²) in [6.45, 7) is 0.0914. The van der Waals surface area contributed by atoms with Gasteiger partial charge in [0.2, 0.25) is 5.91 Å². The number of fused-ring (bicyclic) bond motifs is 1. The predicted molar refractivity (Wildman–Crippen MR) is 94.2 cm³/mol. The predicted octanol–water partition coefficient (Wildman–Crippen LogP) is 3.37. The Morgan fingerprint density at radius 3 is 2.72 bits per heavy atom. The van der Waals surface area contributed by atoms with Crippen LogP contribution in [0.4, 0.5) is 0 Å². The number of rotatable bonds is 6. The first-order valence-electron chi connectivity index (χ1n) is 9.33. The van der Waals surface area contributed by atoms with E-state index in [0.29, 0.717) is 12.3 Å². The summed E-state index contributed by atoms with van der Waals surface area (Å²) in [6, 6.07) is 7.22. The van der Waals surface area contributed by atoms with Gasteiger partial charge in [-0.1, -0.05) is 37.8 Å². The zero-order valence-corrected chi connectivity index (χ0v) is 14.6. The number of carboxylic acids is 1. The van der Waals surface area contributed by atoms with E-state index in [1.165, 1.54) is 32.1 Å². The Labute approximate surface area is 148 Å². The van der Waals surface area contributed by atoms with Gasteiger partial charge in [0.25, 0.3) is 0 Å². The van der Waals surface area contributed by atoms with E-state index in [9.17, 15) is 9.59 Å². The first-order valence-corrected chi connectivity index (χ1v) is 9.33. The molecule has 0 saturated heterocycles. The number of carbonyl (C=O) groups is 2. The van der Waals surface area contributed by atoms with Gasteiger partial charge in [0, 0.05) is 12.5 Å². The molecule has 5 heteroatoms.